The SMILES string of the molecule is Brc1ccccc1-n1c(-n2cnc(-c3ccccc3)c2-c2ccccc2)nc(-c2ccccc2)c1-c1ccccc1. The Morgan fingerprint density at radius 2 is 0.927 bits per heavy atom. The van der Waals surface area contributed by atoms with Gasteiger partial charge in [0.2, 0.25) is 5.95 Å². The van der Waals surface area contributed by atoms with Crippen molar-refractivity contribution in [1.82, 2.24) is 19.1 Å². The van der Waals surface area contributed by atoms with Gasteiger partial charge in [-0.05, 0) is 28.1 Å². The van der Waals surface area contributed by atoms with Crippen molar-refractivity contribution < 1.29 is 0 Å². The van der Waals surface area contributed by atoms with E-state index in [2.05, 4.69) is 128 Å². The average Bonchev–Trinajstić information content (AvgIpc) is 3.66. The zero-order chi connectivity index (χ0) is 27.6. The summed E-state index contributed by atoms with van der Waals surface area (Å²) in [4.78, 5) is 10.4. The average molecular weight is 594 g/mol. The highest BCUT2D eigenvalue weighted by Crippen LogP contribution is 2.40. The Bertz CT molecular complexity index is 1930. The van der Waals surface area contributed by atoms with Crippen LogP contribution in [0, 0.1) is 0 Å². The number of imidazole rings is 2. The Kier molecular flexibility index (Phi) is 6.63. The molecule has 41 heavy (non-hydrogen) atoms. The van der Waals surface area contributed by atoms with Crippen LogP contribution in [-0.4, -0.2) is 19.1 Å². The van der Waals surface area contributed by atoms with Crippen LogP contribution in [0.1, 0.15) is 0 Å². The Morgan fingerprint density at radius 1 is 0.463 bits per heavy atom. The van der Waals surface area contributed by atoms with Crippen LogP contribution in [0.3, 0.4) is 0 Å². The molecule has 0 fully saturated rings. The molecule has 0 unspecified atom stereocenters. The van der Waals surface area contributed by atoms with Gasteiger partial charge < -0.3 is 0 Å². The molecular formula is C36H25BrN4. The maximum atomic E-state index is 5.40. The summed E-state index contributed by atoms with van der Waals surface area (Å²) in [6, 6.07) is 49.9. The largest absolute Gasteiger partial charge is 0.276 e. The van der Waals surface area contributed by atoms with Crippen LogP contribution >= 0.6 is 15.9 Å². The van der Waals surface area contributed by atoms with E-state index in [-0.39, 0.29) is 0 Å². The van der Waals surface area contributed by atoms with Crippen LogP contribution < -0.4 is 0 Å². The molecular weight excluding hydrogens is 568 g/mol. The van der Waals surface area contributed by atoms with Crippen LogP contribution in [0.4, 0.5) is 0 Å². The fourth-order valence-electron chi connectivity index (χ4n) is 5.27. The predicted molar refractivity (Wildman–Crippen MR) is 170 cm³/mol. The second kappa shape index (κ2) is 10.9. The number of nitrogens with zero attached hydrogens (tertiary/aromatic N) is 4. The third-order valence-electron chi connectivity index (χ3n) is 7.12. The molecule has 7 rings (SSSR count). The molecule has 2 aromatic heterocycles. The first-order chi connectivity index (χ1) is 20.3. The van der Waals surface area contributed by atoms with Gasteiger partial charge in [0, 0.05) is 26.7 Å². The standard InChI is InChI=1S/C36H25BrN4/c37-30-23-13-14-24-31(30)41-35(29-21-11-4-12-22-29)33(27-17-7-2-8-18-27)39-36(41)40-25-38-32(26-15-5-1-6-16-26)34(40)28-19-9-3-10-20-28/h1-25H. The summed E-state index contributed by atoms with van der Waals surface area (Å²) in [6.45, 7) is 0. The molecule has 7 aromatic rings. The van der Waals surface area contributed by atoms with Gasteiger partial charge in [-0.2, -0.15) is 0 Å². The fourth-order valence-corrected chi connectivity index (χ4v) is 5.73. The number of para-hydroxylation sites is 1. The van der Waals surface area contributed by atoms with Gasteiger partial charge in [-0.25, -0.2) is 9.97 Å². The lowest BCUT2D eigenvalue weighted by Gasteiger charge is -2.16. The second-order valence-corrected chi connectivity index (χ2v) is 10.5. The van der Waals surface area contributed by atoms with Crippen molar-refractivity contribution in [3.05, 3.63) is 156 Å². The summed E-state index contributed by atoms with van der Waals surface area (Å²) >= 11 is 3.84. The second-order valence-electron chi connectivity index (χ2n) is 9.67. The fraction of sp³-hybridized carbons (Fsp3) is 0. The molecule has 0 saturated heterocycles. The minimum atomic E-state index is 0.753. The summed E-state index contributed by atoms with van der Waals surface area (Å²) in [7, 11) is 0. The smallest absolute Gasteiger partial charge is 0.221 e. The number of halogens is 1. The van der Waals surface area contributed by atoms with Crippen LogP contribution in [0.15, 0.2) is 156 Å². The lowest BCUT2D eigenvalue weighted by Crippen LogP contribution is -2.08. The number of benzene rings is 5. The van der Waals surface area contributed by atoms with Crippen molar-refractivity contribution in [1.29, 1.82) is 0 Å². The van der Waals surface area contributed by atoms with E-state index in [1.165, 1.54) is 0 Å². The van der Waals surface area contributed by atoms with Gasteiger partial charge in [0.25, 0.3) is 0 Å². The van der Waals surface area contributed by atoms with Crippen molar-refractivity contribution in [3.63, 3.8) is 0 Å². The van der Waals surface area contributed by atoms with Gasteiger partial charge in [-0.15, -0.1) is 0 Å². The molecule has 0 saturated carbocycles. The normalized spacial score (nSPS) is 11.0. The summed E-state index contributed by atoms with van der Waals surface area (Å²) in [5, 5.41) is 0. The Labute approximate surface area is 247 Å². The molecule has 0 radical (unpaired) electrons. The molecule has 0 atom stereocenters. The minimum Gasteiger partial charge on any atom is -0.276 e. The van der Waals surface area contributed by atoms with Gasteiger partial charge >= 0.3 is 0 Å². The summed E-state index contributed by atoms with van der Waals surface area (Å²) in [6.07, 6.45) is 1.89. The molecule has 0 amide bonds. The first-order valence-electron chi connectivity index (χ1n) is 13.5. The maximum absolute atomic E-state index is 5.40. The highest BCUT2D eigenvalue weighted by molar-refractivity contribution is 9.10. The van der Waals surface area contributed by atoms with E-state index in [1.54, 1.807) is 0 Å². The molecule has 0 aliphatic carbocycles. The van der Waals surface area contributed by atoms with Gasteiger partial charge in [0.15, 0.2) is 0 Å². The van der Waals surface area contributed by atoms with E-state index in [0.29, 0.717) is 0 Å². The first-order valence-corrected chi connectivity index (χ1v) is 14.3. The minimum absolute atomic E-state index is 0.753. The quantitative estimate of drug-likeness (QED) is 0.193. The molecule has 0 aliphatic heterocycles. The molecule has 0 bridgehead atoms. The van der Waals surface area contributed by atoms with Crippen LogP contribution in [0.2, 0.25) is 0 Å². The van der Waals surface area contributed by atoms with Crippen molar-refractivity contribution >= 4 is 15.9 Å². The third kappa shape index (κ3) is 4.60. The molecule has 5 heteroatoms. The van der Waals surface area contributed by atoms with Crippen molar-refractivity contribution in [2.75, 3.05) is 0 Å². The Morgan fingerprint density at radius 3 is 1.49 bits per heavy atom. The summed E-state index contributed by atoms with van der Waals surface area (Å²) < 4.78 is 5.33. The van der Waals surface area contributed by atoms with E-state index in [9.17, 15) is 0 Å². The molecule has 196 valence electrons. The van der Waals surface area contributed by atoms with E-state index in [0.717, 1.165) is 61.1 Å². The van der Waals surface area contributed by atoms with Crippen molar-refractivity contribution in [2.24, 2.45) is 0 Å². The third-order valence-corrected chi connectivity index (χ3v) is 7.80. The van der Waals surface area contributed by atoms with E-state index < -0.39 is 0 Å². The zero-order valence-corrected chi connectivity index (χ0v) is 23.7. The zero-order valence-electron chi connectivity index (χ0n) is 22.1. The lowest BCUT2D eigenvalue weighted by molar-refractivity contribution is 0.894. The molecule has 0 N–H and O–H groups in total. The Hall–Kier alpha value is -5.00. The number of aromatic nitrogens is 4. The van der Waals surface area contributed by atoms with Gasteiger partial charge in [0.05, 0.1) is 28.5 Å². The molecule has 2 heterocycles. The summed E-state index contributed by atoms with van der Waals surface area (Å²) in [5.41, 5.74) is 9.02. The molecule has 5 aromatic carbocycles. The van der Waals surface area contributed by atoms with E-state index >= 15 is 0 Å². The van der Waals surface area contributed by atoms with E-state index in [1.807, 2.05) is 48.8 Å². The molecule has 4 nitrogen and oxygen atoms in total. The van der Waals surface area contributed by atoms with E-state index in [4.69, 9.17) is 9.97 Å². The van der Waals surface area contributed by atoms with Crippen LogP contribution in [0.25, 0.3) is 56.7 Å². The van der Waals surface area contributed by atoms with Gasteiger partial charge in [-0.3, -0.25) is 9.13 Å². The monoisotopic (exact) mass is 592 g/mol. The number of hydrogen-bond donors (Lipinski definition) is 0. The number of rotatable bonds is 6. The highest BCUT2D eigenvalue weighted by atomic mass is 79.9. The van der Waals surface area contributed by atoms with Crippen LogP contribution in [0.5, 0.6) is 0 Å². The first kappa shape index (κ1) is 25.0. The highest BCUT2D eigenvalue weighted by Gasteiger charge is 2.26. The van der Waals surface area contributed by atoms with Gasteiger partial charge in [-0.1, -0.05) is 133 Å². The predicted octanol–water partition coefficient (Wildman–Crippen LogP) is 9.49. The van der Waals surface area contributed by atoms with Crippen LogP contribution in [-0.2, 0) is 0 Å². The topological polar surface area (TPSA) is 35.6 Å². The van der Waals surface area contributed by atoms with Crippen molar-refractivity contribution in [2.45, 2.75) is 0 Å². The Balaban J connectivity index is 1.61. The van der Waals surface area contributed by atoms with Gasteiger partial charge in [0.1, 0.15) is 6.33 Å². The molecule has 0 aliphatic rings. The number of hydrogen-bond acceptors (Lipinski definition) is 2. The lowest BCUT2D eigenvalue weighted by atomic mass is 10.0. The maximum Gasteiger partial charge on any atom is 0.221 e. The molecule has 0 spiro atoms. The summed E-state index contributed by atoms with van der Waals surface area (Å²) in [5.74, 6) is 0.753. The van der Waals surface area contributed by atoms with Crippen molar-refractivity contribution in [3.8, 4) is 56.7 Å².